The number of nitrogen functional groups attached to an aromatic ring is 1. The largest absolute Gasteiger partial charge is 0.490 e. The Hall–Kier alpha value is -1.61. The third kappa shape index (κ3) is 6.97. The van der Waals surface area contributed by atoms with Crippen LogP contribution >= 0.6 is 23.5 Å². The standard InChI is InChI=1S/C12H16F2N3O14P3/c13-3-1-2-12(20)8(18)7(29-10(12)17-4-6(14)9(15)16-11(17)19)5-28-33(24,25)31-34(26,27)30-32(21,22)23/h4,7-8,10,18,20H,3,5H2,(H,24,25)(H,26,27)(H2,15,16,19)(H2,21,22,23)/t7-,8+,10-,12?/m1/s1/i5D2. The van der Waals surface area contributed by atoms with Crippen molar-refractivity contribution in [2.24, 2.45) is 0 Å². The van der Waals surface area contributed by atoms with Gasteiger partial charge in [-0.05, 0) is 0 Å². The number of phosphoric ester groups is 1. The number of phosphoric acid groups is 3. The maximum absolute atomic E-state index is 13.9. The number of hydrogen-bond acceptors (Lipinski definition) is 12. The van der Waals surface area contributed by atoms with Gasteiger partial charge in [-0.15, -0.1) is 0 Å². The van der Waals surface area contributed by atoms with E-state index >= 15 is 0 Å². The number of nitrogens with two attached hydrogens (primary N) is 1. The van der Waals surface area contributed by atoms with Crippen molar-refractivity contribution in [3.05, 3.63) is 22.5 Å². The Bertz CT molecular complexity index is 1280. The number of alkyl halides is 1. The normalized spacial score (nSPS) is 29.8. The Labute approximate surface area is 190 Å². The van der Waals surface area contributed by atoms with Gasteiger partial charge < -0.3 is 40.3 Å². The number of anilines is 1. The van der Waals surface area contributed by atoms with Gasteiger partial charge in [0.25, 0.3) is 0 Å². The molecule has 1 aliphatic rings. The minimum Gasteiger partial charge on any atom is -0.386 e. The van der Waals surface area contributed by atoms with Crippen molar-refractivity contribution >= 4 is 29.3 Å². The number of hydrogen-bond donors (Lipinski definition) is 7. The van der Waals surface area contributed by atoms with Crippen molar-refractivity contribution in [2.45, 2.75) is 24.0 Å². The van der Waals surface area contributed by atoms with Gasteiger partial charge in [-0.1, -0.05) is 11.8 Å². The Morgan fingerprint density at radius 1 is 1.29 bits per heavy atom. The van der Waals surface area contributed by atoms with Crippen molar-refractivity contribution in [2.75, 3.05) is 19.0 Å². The van der Waals surface area contributed by atoms with Gasteiger partial charge in [0, 0.05) is 0 Å². The Balaban J connectivity index is 2.47. The van der Waals surface area contributed by atoms with Crippen LogP contribution in [0.2, 0.25) is 0 Å². The molecule has 1 saturated heterocycles. The zero-order valence-corrected chi connectivity index (χ0v) is 18.7. The molecule has 34 heavy (non-hydrogen) atoms. The number of ether oxygens (including phenoxy) is 1. The maximum atomic E-state index is 13.9. The molecule has 22 heteroatoms. The number of nitrogens with zero attached hydrogens (tertiary/aromatic N) is 2. The lowest BCUT2D eigenvalue weighted by Gasteiger charge is -2.26. The molecular weight excluding hydrogens is 541 g/mol. The Kier molecular flexibility index (Phi) is 7.62. The van der Waals surface area contributed by atoms with Gasteiger partial charge in [0.1, 0.15) is 18.9 Å². The molecule has 0 aliphatic carbocycles. The second kappa shape index (κ2) is 10.2. The zero-order chi connectivity index (χ0) is 27.9. The van der Waals surface area contributed by atoms with Crippen molar-refractivity contribution in [3.63, 3.8) is 0 Å². The van der Waals surface area contributed by atoms with Gasteiger partial charge in [-0.3, -0.25) is 9.09 Å². The van der Waals surface area contributed by atoms with E-state index in [1.807, 2.05) is 0 Å². The zero-order valence-electron chi connectivity index (χ0n) is 18.0. The summed E-state index contributed by atoms with van der Waals surface area (Å²) in [5, 5.41) is 21.3. The van der Waals surface area contributed by atoms with E-state index in [2.05, 4.69) is 18.1 Å². The highest BCUT2D eigenvalue weighted by Gasteiger charge is 2.57. The van der Waals surface area contributed by atoms with Gasteiger partial charge in [0.05, 0.1) is 15.5 Å². The summed E-state index contributed by atoms with van der Waals surface area (Å²) in [6.45, 7) is -5.29. The monoisotopic (exact) mass is 559 g/mol. The molecule has 1 aliphatic heterocycles. The van der Waals surface area contributed by atoms with Crippen LogP contribution in [0.3, 0.4) is 0 Å². The van der Waals surface area contributed by atoms with Crippen molar-refractivity contribution in [3.8, 4) is 11.8 Å². The summed E-state index contributed by atoms with van der Waals surface area (Å²) in [4.78, 5) is 51.0. The second-order valence-corrected chi connectivity index (χ2v) is 10.4. The molecule has 1 aromatic rings. The topological polar surface area (TPSA) is 270 Å². The van der Waals surface area contributed by atoms with E-state index < -0.39 is 78.1 Å². The van der Waals surface area contributed by atoms with Crippen LogP contribution in [0.5, 0.6) is 0 Å². The molecule has 0 saturated carbocycles. The summed E-state index contributed by atoms with van der Waals surface area (Å²) in [6, 6.07) is 0. The lowest BCUT2D eigenvalue weighted by Crippen LogP contribution is -2.48. The van der Waals surface area contributed by atoms with Crippen LogP contribution in [-0.4, -0.2) is 70.4 Å². The predicted molar refractivity (Wildman–Crippen MR) is 101 cm³/mol. The minimum absolute atomic E-state index is 0.128. The van der Waals surface area contributed by atoms with Crippen LogP contribution in [0.15, 0.2) is 11.0 Å². The first-order valence-corrected chi connectivity index (χ1v) is 12.7. The molecule has 1 fully saturated rings. The minimum atomic E-state index is -6.16. The summed E-state index contributed by atoms with van der Waals surface area (Å²) < 4.78 is 92.2. The van der Waals surface area contributed by atoms with E-state index in [1.165, 1.54) is 0 Å². The van der Waals surface area contributed by atoms with Crippen LogP contribution in [0, 0.1) is 17.7 Å². The molecule has 192 valence electrons. The molecule has 0 spiro atoms. The molecule has 2 heterocycles. The third-order valence-corrected chi connectivity index (χ3v) is 7.30. The third-order valence-electron chi connectivity index (χ3n) is 3.63. The number of aliphatic hydroxyl groups excluding tert-OH is 1. The first kappa shape index (κ1) is 25.5. The fraction of sp³-hybridized carbons (Fsp3) is 0.500. The average molecular weight is 559 g/mol. The van der Waals surface area contributed by atoms with Gasteiger partial charge in [-0.2, -0.15) is 13.6 Å². The summed E-state index contributed by atoms with van der Waals surface area (Å²) in [7, 11) is -18.0. The van der Waals surface area contributed by atoms with E-state index in [4.69, 9.17) is 27.9 Å². The predicted octanol–water partition coefficient (Wildman–Crippen LogP) is -1.73. The number of aromatic nitrogens is 2. The highest BCUT2D eigenvalue weighted by Crippen LogP contribution is 2.66. The fourth-order valence-electron chi connectivity index (χ4n) is 2.41. The highest BCUT2D eigenvalue weighted by atomic mass is 31.3. The molecule has 3 unspecified atom stereocenters. The first-order chi connectivity index (χ1) is 16.1. The van der Waals surface area contributed by atoms with Crippen LogP contribution in [0.1, 0.15) is 8.97 Å². The summed E-state index contributed by atoms with van der Waals surface area (Å²) in [6.07, 6.45) is -7.44. The Morgan fingerprint density at radius 2 is 1.91 bits per heavy atom. The van der Waals surface area contributed by atoms with E-state index in [0.717, 1.165) is 0 Å². The smallest absolute Gasteiger partial charge is 0.386 e. The van der Waals surface area contributed by atoms with Crippen molar-refractivity contribution in [1.82, 2.24) is 9.55 Å². The summed E-state index contributed by atoms with van der Waals surface area (Å²) >= 11 is 0. The number of rotatable bonds is 8. The molecule has 8 N–H and O–H groups in total. The van der Waals surface area contributed by atoms with E-state index in [-0.39, 0.29) is 4.57 Å². The fourth-order valence-corrected chi connectivity index (χ4v) is 5.29. The van der Waals surface area contributed by atoms with Gasteiger partial charge in [0.15, 0.2) is 23.5 Å². The molecular formula is C12H16F2N3O14P3. The van der Waals surface area contributed by atoms with Gasteiger partial charge in [-0.25, -0.2) is 27.3 Å². The van der Waals surface area contributed by atoms with Crippen molar-refractivity contribution in [1.29, 1.82) is 0 Å². The molecule has 2 rings (SSSR count). The lowest BCUT2D eigenvalue weighted by atomic mass is 9.94. The van der Waals surface area contributed by atoms with Gasteiger partial charge in [0.2, 0.25) is 0 Å². The Morgan fingerprint density at radius 3 is 2.47 bits per heavy atom. The summed E-state index contributed by atoms with van der Waals surface area (Å²) in [5.41, 5.74) is 0.548. The molecule has 6 atom stereocenters. The summed E-state index contributed by atoms with van der Waals surface area (Å²) in [5.74, 6) is 1.12. The quantitative estimate of drug-likeness (QED) is 0.138. The molecule has 0 radical (unpaired) electrons. The SMILES string of the molecule is [2H]C([2H])(OP(=O)(O)OP(=O)(O)OP(=O)(O)O)[C@H]1O[C@@H](n2cc(F)c(N)nc2=O)C(O)(C#CCF)[C@H]1O. The second-order valence-electron chi connectivity index (χ2n) is 6.08. The molecule has 0 aromatic carbocycles. The van der Waals surface area contributed by atoms with E-state index in [9.17, 15) is 42.4 Å². The van der Waals surface area contributed by atoms with Crippen LogP contribution in [-0.2, 0) is 31.6 Å². The molecule has 0 bridgehead atoms. The van der Waals surface area contributed by atoms with Gasteiger partial charge >= 0.3 is 29.2 Å². The highest BCUT2D eigenvalue weighted by molar-refractivity contribution is 7.66. The average Bonchev–Trinajstić information content (AvgIpc) is 2.91. The molecule has 0 amide bonds. The van der Waals surface area contributed by atoms with E-state index in [1.54, 1.807) is 11.8 Å². The molecule has 17 nitrogen and oxygen atoms in total. The van der Waals surface area contributed by atoms with Crippen LogP contribution in [0.25, 0.3) is 0 Å². The number of halogens is 2. The molecule has 1 aromatic heterocycles. The van der Waals surface area contributed by atoms with E-state index in [0.29, 0.717) is 6.20 Å². The number of aliphatic hydroxyl groups is 2. The van der Waals surface area contributed by atoms with Crippen molar-refractivity contribution < 1.29 is 72.9 Å². The van der Waals surface area contributed by atoms with Crippen LogP contribution < -0.4 is 11.4 Å². The maximum Gasteiger partial charge on any atom is 0.490 e. The first-order valence-electron chi connectivity index (χ1n) is 9.15. The lowest BCUT2D eigenvalue weighted by molar-refractivity contribution is -0.0765. The van der Waals surface area contributed by atoms with Crippen LogP contribution in [0.4, 0.5) is 14.6 Å².